The first-order valence-electron chi connectivity index (χ1n) is 5.93. The van der Waals surface area contributed by atoms with E-state index in [0.717, 1.165) is 31.5 Å². The highest BCUT2D eigenvalue weighted by atomic mass is 35.5. The summed E-state index contributed by atoms with van der Waals surface area (Å²) >= 11 is 0. The molecule has 16 heavy (non-hydrogen) atoms. The number of hydrogen-bond donors (Lipinski definition) is 0. The fourth-order valence-corrected chi connectivity index (χ4v) is 3.47. The van der Waals surface area contributed by atoms with Gasteiger partial charge in [-0.2, -0.15) is 0 Å². The molecule has 2 saturated heterocycles. The van der Waals surface area contributed by atoms with Crippen LogP contribution in [0.3, 0.4) is 0 Å². The molecule has 0 aromatic rings. The quantitative estimate of drug-likeness (QED) is 0.779. The van der Waals surface area contributed by atoms with Crippen LogP contribution in [0.2, 0.25) is 0 Å². The molecule has 0 amide bonds. The lowest BCUT2D eigenvalue weighted by Gasteiger charge is -2.21. The SMILES string of the molecule is CS(=O)(=O)CCN1CC2CCC(CC2)C1.Cl. The second-order valence-corrected chi connectivity index (χ2v) is 7.54. The normalized spacial score (nSPS) is 30.8. The number of rotatable bonds is 3. The third-order valence-corrected chi connectivity index (χ3v) is 4.70. The Kier molecular flexibility index (Phi) is 5.08. The van der Waals surface area contributed by atoms with Gasteiger partial charge >= 0.3 is 0 Å². The molecule has 2 heterocycles. The Bertz CT molecular complexity index is 296. The summed E-state index contributed by atoms with van der Waals surface area (Å²) in [4.78, 5) is 2.37. The summed E-state index contributed by atoms with van der Waals surface area (Å²) in [5, 5.41) is 0. The zero-order chi connectivity index (χ0) is 10.9. The lowest BCUT2D eigenvalue weighted by molar-refractivity contribution is 0.266. The summed E-state index contributed by atoms with van der Waals surface area (Å²) in [5.74, 6) is 2.00. The van der Waals surface area contributed by atoms with E-state index in [2.05, 4.69) is 4.90 Å². The third kappa shape index (κ3) is 4.22. The van der Waals surface area contributed by atoms with Crippen LogP contribution in [0.4, 0.5) is 0 Å². The van der Waals surface area contributed by atoms with Crippen LogP contribution in [-0.4, -0.2) is 45.0 Å². The van der Waals surface area contributed by atoms with Crippen LogP contribution in [0, 0.1) is 11.8 Å². The van der Waals surface area contributed by atoms with Crippen molar-refractivity contribution in [1.82, 2.24) is 4.90 Å². The number of halogens is 1. The number of hydrogen-bond acceptors (Lipinski definition) is 3. The minimum absolute atomic E-state index is 0. The van der Waals surface area contributed by atoms with Crippen LogP contribution in [-0.2, 0) is 9.84 Å². The maximum absolute atomic E-state index is 11.1. The molecule has 3 rings (SSSR count). The van der Waals surface area contributed by atoms with Crippen molar-refractivity contribution >= 4 is 22.2 Å². The van der Waals surface area contributed by atoms with Crippen LogP contribution in [0.25, 0.3) is 0 Å². The van der Waals surface area contributed by atoms with Crippen LogP contribution >= 0.6 is 12.4 Å². The Morgan fingerprint density at radius 1 is 1.06 bits per heavy atom. The molecule has 1 saturated carbocycles. The molecule has 0 atom stereocenters. The predicted molar refractivity (Wildman–Crippen MR) is 68.8 cm³/mol. The highest BCUT2D eigenvalue weighted by molar-refractivity contribution is 7.90. The Balaban J connectivity index is 0.00000128. The van der Waals surface area contributed by atoms with Crippen LogP contribution in [0.5, 0.6) is 0 Å². The van der Waals surface area contributed by atoms with Crippen molar-refractivity contribution in [2.45, 2.75) is 25.7 Å². The second kappa shape index (κ2) is 5.69. The Labute approximate surface area is 105 Å². The molecule has 3 aliphatic rings. The monoisotopic (exact) mass is 267 g/mol. The molecule has 0 unspecified atom stereocenters. The van der Waals surface area contributed by atoms with Gasteiger partial charge in [-0.3, -0.25) is 0 Å². The van der Waals surface area contributed by atoms with Gasteiger partial charge in [-0.1, -0.05) is 0 Å². The number of sulfone groups is 1. The zero-order valence-corrected chi connectivity index (χ0v) is 11.5. The molecular weight excluding hydrogens is 246 g/mol. The maximum atomic E-state index is 11.1. The van der Waals surface area contributed by atoms with Crippen molar-refractivity contribution in [1.29, 1.82) is 0 Å². The molecule has 0 aromatic carbocycles. The van der Waals surface area contributed by atoms with E-state index in [-0.39, 0.29) is 12.4 Å². The minimum Gasteiger partial charge on any atom is -0.302 e. The summed E-state index contributed by atoms with van der Waals surface area (Å²) in [6, 6.07) is 0. The van der Waals surface area contributed by atoms with Gasteiger partial charge < -0.3 is 4.90 Å². The molecular formula is C11H22ClNO2S. The molecule has 2 aliphatic heterocycles. The maximum Gasteiger partial charge on any atom is 0.148 e. The van der Waals surface area contributed by atoms with E-state index in [0.29, 0.717) is 5.75 Å². The molecule has 96 valence electrons. The van der Waals surface area contributed by atoms with E-state index < -0.39 is 9.84 Å². The third-order valence-electron chi connectivity index (χ3n) is 3.78. The van der Waals surface area contributed by atoms with E-state index in [1.165, 1.54) is 31.9 Å². The first-order valence-corrected chi connectivity index (χ1v) is 7.99. The van der Waals surface area contributed by atoms with Gasteiger partial charge in [-0.05, 0) is 37.5 Å². The van der Waals surface area contributed by atoms with E-state index in [4.69, 9.17) is 0 Å². The molecule has 5 heteroatoms. The van der Waals surface area contributed by atoms with Crippen LogP contribution in [0.1, 0.15) is 25.7 Å². The van der Waals surface area contributed by atoms with E-state index >= 15 is 0 Å². The van der Waals surface area contributed by atoms with Gasteiger partial charge in [0.2, 0.25) is 0 Å². The lowest BCUT2D eigenvalue weighted by atomic mass is 9.84. The molecule has 0 N–H and O–H groups in total. The smallest absolute Gasteiger partial charge is 0.148 e. The molecule has 3 fully saturated rings. The van der Waals surface area contributed by atoms with Crippen molar-refractivity contribution < 1.29 is 8.42 Å². The van der Waals surface area contributed by atoms with Gasteiger partial charge in [-0.25, -0.2) is 8.42 Å². The fraction of sp³-hybridized carbons (Fsp3) is 1.00. The fourth-order valence-electron chi connectivity index (χ4n) is 2.88. The largest absolute Gasteiger partial charge is 0.302 e. The average molecular weight is 268 g/mol. The highest BCUT2D eigenvalue weighted by Crippen LogP contribution is 2.33. The topological polar surface area (TPSA) is 37.4 Å². The van der Waals surface area contributed by atoms with Gasteiger partial charge in [0.1, 0.15) is 9.84 Å². The summed E-state index contributed by atoms with van der Waals surface area (Å²) in [7, 11) is -2.79. The van der Waals surface area contributed by atoms with Crippen LogP contribution in [0.15, 0.2) is 0 Å². The van der Waals surface area contributed by atoms with Gasteiger partial charge in [0, 0.05) is 25.9 Å². The van der Waals surface area contributed by atoms with Gasteiger partial charge in [0.15, 0.2) is 0 Å². The van der Waals surface area contributed by atoms with E-state index in [1.54, 1.807) is 0 Å². The summed E-state index contributed by atoms with van der Waals surface area (Å²) < 4.78 is 22.2. The van der Waals surface area contributed by atoms with Gasteiger partial charge in [0.05, 0.1) is 5.75 Å². The molecule has 3 nitrogen and oxygen atoms in total. The molecule has 0 radical (unpaired) electrons. The molecule has 1 aliphatic carbocycles. The first-order chi connectivity index (χ1) is 7.03. The summed E-state index contributed by atoms with van der Waals surface area (Å²) in [5.41, 5.74) is 0. The Morgan fingerprint density at radius 2 is 1.50 bits per heavy atom. The second-order valence-electron chi connectivity index (χ2n) is 5.28. The summed E-state index contributed by atoms with van der Waals surface area (Å²) in [6.07, 6.45) is 6.78. The van der Waals surface area contributed by atoms with E-state index in [1.807, 2.05) is 0 Å². The molecule has 0 spiro atoms. The number of nitrogens with zero attached hydrogens (tertiary/aromatic N) is 1. The van der Waals surface area contributed by atoms with Crippen molar-refractivity contribution in [3.05, 3.63) is 0 Å². The van der Waals surface area contributed by atoms with Gasteiger partial charge in [-0.15, -0.1) is 12.4 Å². The zero-order valence-electron chi connectivity index (χ0n) is 9.89. The predicted octanol–water partition coefficient (Wildman–Crippen LogP) is 1.57. The highest BCUT2D eigenvalue weighted by Gasteiger charge is 2.29. The van der Waals surface area contributed by atoms with Crippen molar-refractivity contribution in [3.63, 3.8) is 0 Å². The minimum atomic E-state index is -2.79. The average Bonchev–Trinajstić information content (AvgIpc) is 2.45. The Morgan fingerprint density at radius 3 is 1.88 bits per heavy atom. The number of fused-ring (bicyclic) bond motifs is 4. The van der Waals surface area contributed by atoms with Gasteiger partial charge in [0.25, 0.3) is 0 Å². The van der Waals surface area contributed by atoms with Crippen molar-refractivity contribution in [2.75, 3.05) is 31.6 Å². The van der Waals surface area contributed by atoms with Crippen LogP contribution < -0.4 is 0 Å². The molecule has 2 bridgehead atoms. The van der Waals surface area contributed by atoms with E-state index in [9.17, 15) is 8.42 Å². The van der Waals surface area contributed by atoms with Crippen molar-refractivity contribution in [2.24, 2.45) is 11.8 Å². The standard InChI is InChI=1S/C11H21NO2S.ClH/c1-15(13,14)7-6-12-8-10-2-3-11(9-12)5-4-10;/h10-11H,2-9H2,1H3;1H. The van der Waals surface area contributed by atoms with Crippen molar-refractivity contribution in [3.8, 4) is 0 Å². The lowest BCUT2D eigenvalue weighted by Crippen LogP contribution is -2.32. The summed E-state index contributed by atoms with van der Waals surface area (Å²) in [6.45, 7) is 3.00. The Hall–Kier alpha value is 0.200. The first kappa shape index (κ1) is 14.3. The molecule has 0 aromatic heterocycles.